The fourth-order valence-corrected chi connectivity index (χ4v) is 2.52. The molecule has 0 aliphatic carbocycles. The minimum atomic E-state index is 0.358. The van der Waals surface area contributed by atoms with E-state index in [0.717, 1.165) is 28.5 Å². The van der Waals surface area contributed by atoms with E-state index in [1.165, 1.54) is 0 Å². The van der Waals surface area contributed by atoms with Gasteiger partial charge in [-0.1, -0.05) is 17.7 Å². The van der Waals surface area contributed by atoms with Gasteiger partial charge in [0.05, 0.1) is 28.0 Å². The van der Waals surface area contributed by atoms with Crippen molar-refractivity contribution >= 4 is 28.8 Å². The van der Waals surface area contributed by atoms with E-state index in [1.807, 2.05) is 42.6 Å². The molecule has 0 aromatic carbocycles. The summed E-state index contributed by atoms with van der Waals surface area (Å²) in [5.41, 5.74) is 3.40. The van der Waals surface area contributed by atoms with Crippen molar-refractivity contribution in [2.45, 2.75) is 19.7 Å². The van der Waals surface area contributed by atoms with E-state index in [-0.39, 0.29) is 0 Å². The van der Waals surface area contributed by atoms with Crippen LogP contribution in [-0.2, 0) is 5.88 Å². The summed E-state index contributed by atoms with van der Waals surface area (Å²) in [7, 11) is 0. The number of pyridine rings is 1. The highest BCUT2D eigenvalue weighted by molar-refractivity contribution is 6.31. The number of nitrogens with zero attached hydrogens (tertiary/aromatic N) is 4. The summed E-state index contributed by atoms with van der Waals surface area (Å²) >= 11 is 12.3. The van der Waals surface area contributed by atoms with Gasteiger partial charge in [0.2, 0.25) is 0 Å². The molecule has 3 heterocycles. The molecular weight excluding hydrogens is 283 g/mol. The Kier molecular flexibility index (Phi) is 2.99. The molecule has 0 radical (unpaired) electrons. The van der Waals surface area contributed by atoms with Gasteiger partial charge in [-0.3, -0.25) is 0 Å². The van der Waals surface area contributed by atoms with Gasteiger partial charge in [0.25, 0.3) is 0 Å². The number of alkyl halides is 1. The first-order valence-corrected chi connectivity index (χ1v) is 6.78. The molecule has 0 saturated carbocycles. The van der Waals surface area contributed by atoms with Crippen LogP contribution in [0.5, 0.6) is 0 Å². The topological polar surface area (TPSA) is 35.1 Å². The normalized spacial score (nSPS) is 11.4. The highest BCUT2D eigenvalue weighted by Crippen LogP contribution is 2.25. The maximum absolute atomic E-state index is 6.19. The molecule has 98 valence electrons. The Morgan fingerprint density at radius 3 is 2.68 bits per heavy atom. The van der Waals surface area contributed by atoms with Gasteiger partial charge in [0.15, 0.2) is 5.82 Å². The first-order valence-electron chi connectivity index (χ1n) is 5.87. The second kappa shape index (κ2) is 4.54. The van der Waals surface area contributed by atoms with Crippen molar-refractivity contribution in [3.05, 3.63) is 46.5 Å². The Balaban J connectivity index is 2.33. The van der Waals surface area contributed by atoms with Crippen molar-refractivity contribution in [2.24, 2.45) is 0 Å². The lowest BCUT2D eigenvalue weighted by atomic mass is 10.4. The highest BCUT2D eigenvalue weighted by atomic mass is 35.5. The number of hydrogen-bond acceptors (Lipinski definition) is 2. The van der Waals surface area contributed by atoms with Crippen LogP contribution in [0.1, 0.15) is 17.1 Å². The molecule has 0 spiro atoms. The summed E-state index contributed by atoms with van der Waals surface area (Å²) in [6.45, 7) is 3.80. The van der Waals surface area contributed by atoms with E-state index in [4.69, 9.17) is 23.2 Å². The molecule has 4 nitrogen and oxygen atoms in total. The second-order valence-corrected chi connectivity index (χ2v) is 4.99. The third kappa shape index (κ3) is 1.83. The molecule has 0 fully saturated rings. The van der Waals surface area contributed by atoms with Crippen LogP contribution in [0.2, 0.25) is 5.02 Å². The molecule has 3 aromatic heterocycles. The van der Waals surface area contributed by atoms with Crippen molar-refractivity contribution in [2.75, 3.05) is 0 Å². The molecule has 0 atom stereocenters. The molecule has 0 N–H and O–H groups in total. The summed E-state index contributed by atoms with van der Waals surface area (Å²) in [5.74, 6) is 1.09. The largest absolute Gasteiger partial charge is 0.301 e. The second-order valence-electron chi connectivity index (χ2n) is 4.34. The van der Waals surface area contributed by atoms with Crippen molar-refractivity contribution in [1.82, 2.24) is 19.2 Å². The minimum Gasteiger partial charge on any atom is -0.301 e. The van der Waals surface area contributed by atoms with E-state index in [9.17, 15) is 0 Å². The Labute approximate surface area is 120 Å². The SMILES string of the molecule is Cc1nn(-c2nc3ccccn3c2CCl)c(C)c1Cl. The molecule has 0 saturated heterocycles. The molecule has 0 aliphatic heterocycles. The third-order valence-corrected chi connectivity index (χ3v) is 3.94. The summed E-state index contributed by atoms with van der Waals surface area (Å²) in [6.07, 6.45) is 1.94. The van der Waals surface area contributed by atoms with E-state index < -0.39 is 0 Å². The van der Waals surface area contributed by atoms with Crippen LogP contribution in [0.4, 0.5) is 0 Å². The molecule has 0 aliphatic rings. The Hall–Kier alpha value is -1.52. The summed E-state index contributed by atoms with van der Waals surface area (Å²) in [4.78, 5) is 4.59. The molecule has 19 heavy (non-hydrogen) atoms. The van der Waals surface area contributed by atoms with E-state index in [1.54, 1.807) is 4.68 Å². The molecule has 0 unspecified atom stereocenters. The summed E-state index contributed by atoms with van der Waals surface area (Å²) in [5, 5.41) is 5.10. The van der Waals surface area contributed by atoms with Crippen LogP contribution >= 0.6 is 23.2 Å². The van der Waals surface area contributed by atoms with Gasteiger partial charge in [0, 0.05) is 6.20 Å². The van der Waals surface area contributed by atoms with E-state index in [2.05, 4.69) is 10.1 Å². The average molecular weight is 295 g/mol. The van der Waals surface area contributed by atoms with Gasteiger partial charge in [-0.25, -0.2) is 9.67 Å². The van der Waals surface area contributed by atoms with Gasteiger partial charge >= 0.3 is 0 Å². The number of fused-ring (bicyclic) bond motifs is 1. The monoisotopic (exact) mass is 294 g/mol. The fourth-order valence-electron chi connectivity index (χ4n) is 2.16. The van der Waals surface area contributed by atoms with Crippen LogP contribution in [0.3, 0.4) is 0 Å². The van der Waals surface area contributed by atoms with Crippen LogP contribution in [0.25, 0.3) is 11.5 Å². The Morgan fingerprint density at radius 1 is 1.26 bits per heavy atom. The van der Waals surface area contributed by atoms with E-state index in [0.29, 0.717) is 10.9 Å². The number of aromatic nitrogens is 4. The van der Waals surface area contributed by atoms with Crippen molar-refractivity contribution in [3.63, 3.8) is 0 Å². The predicted molar refractivity (Wildman–Crippen MR) is 76.4 cm³/mol. The Morgan fingerprint density at radius 2 is 2.05 bits per heavy atom. The molecule has 0 amide bonds. The van der Waals surface area contributed by atoms with Crippen molar-refractivity contribution in [3.8, 4) is 5.82 Å². The zero-order chi connectivity index (χ0) is 13.6. The van der Waals surface area contributed by atoms with Gasteiger partial charge in [-0.05, 0) is 26.0 Å². The molecule has 3 rings (SSSR count). The van der Waals surface area contributed by atoms with Crippen LogP contribution in [0, 0.1) is 13.8 Å². The smallest absolute Gasteiger partial charge is 0.177 e. The standard InChI is InChI=1S/C13H12Cl2N4/c1-8-12(15)9(2)19(17-8)13-10(7-14)18-6-4-3-5-11(18)16-13/h3-6H,7H2,1-2H3. The third-order valence-electron chi connectivity index (χ3n) is 3.14. The zero-order valence-corrected chi connectivity index (χ0v) is 12.1. The lowest BCUT2D eigenvalue weighted by Crippen LogP contribution is -2.03. The quantitative estimate of drug-likeness (QED) is 0.678. The maximum Gasteiger partial charge on any atom is 0.177 e. The molecular formula is C13H12Cl2N4. The van der Waals surface area contributed by atoms with Gasteiger partial charge < -0.3 is 4.40 Å². The Bertz CT molecular complexity index is 757. The highest BCUT2D eigenvalue weighted by Gasteiger charge is 2.18. The average Bonchev–Trinajstić information content (AvgIpc) is 2.91. The molecule has 6 heteroatoms. The number of rotatable bonds is 2. The maximum atomic E-state index is 6.19. The van der Waals surface area contributed by atoms with Crippen molar-refractivity contribution in [1.29, 1.82) is 0 Å². The first kappa shape index (κ1) is 12.5. The lowest BCUT2D eigenvalue weighted by molar-refractivity contribution is 0.803. The minimum absolute atomic E-state index is 0.358. The zero-order valence-electron chi connectivity index (χ0n) is 10.6. The van der Waals surface area contributed by atoms with Gasteiger partial charge in [0.1, 0.15) is 5.65 Å². The fraction of sp³-hybridized carbons (Fsp3) is 0.231. The summed E-state index contributed by atoms with van der Waals surface area (Å²) < 4.78 is 3.72. The molecule has 0 bridgehead atoms. The first-order chi connectivity index (χ1) is 9.13. The van der Waals surface area contributed by atoms with Gasteiger partial charge in [-0.15, -0.1) is 11.6 Å². The number of imidazole rings is 1. The van der Waals surface area contributed by atoms with Crippen LogP contribution < -0.4 is 0 Å². The van der Waals surface area contributed by atoms with E-state index >= 15 is 0 Å². The lowest BCUT2D eigenvalue weighted by Gasteiger charge is -2.03. The van der Waals surface area contributed by atoms with Gasteiger partial charge in [-0.2, -0.15) is 5.10 Å². The van der Waals surface area contributed by atoms with Crippen molar-refractivity contribution < 1.29 is 0 Å². The number of aryl methyl sites for hydroxylation is 1. The summed E-state index contributed by atoms with van der Waals surface area (Å²) in [6, 6.07) is 5.83. The predicted octanol–water partition coefficient (Wildman–Crippen LogP) is 3.53. The van der Waals surface area contributed by atoms with Crippen LogP contribution in [-0.4, -0.2) is 19.2 Å². The molecule has 3 aromatic rings. The van der Waals surface area contributed by atoms with Crippen LogP contribution in [0.15, 0.2) is 24.4 Å². The number of hydrogen-bond donors (Lipinski definition) is 0. The number of halogens is 2.